The van der Waals surface area contributed by atoms with Gasteiger partial charge in [0.1, 0.15) is 5.02 Å². The van der Waals surface area contributed by atoms with Crippen LogP contribution in [0.4, 0.5) is 13.2 Å². The van der Waals surface area contributed by atoms with Crippen molar-refractivity contribution in [3.63, 3.8) is 0 Å². The molecule has 172 valence electrons. The van der Waals surface area contributed by atoms with Crippen molar-refractivity contribution in [2.24, 2.45) is 5.92 Å². The van der Waals surface area contributed by atoms with Crippen LogP contribution < -0.4 is 9.46 Å². The van der Waals surface area contributed by atoms with Gasteiger partial charge >= 0.3 is 15.5 Å². The van der Waals surface area contributed by atoms with Crippen LogP contribution in [-0.2, 0) is 10.0 Å². The molecule has 0 fully saturated rings. The predicted molar refractivity (Wildman–Crippen MR) is 111 cm³/mol. The third kappa shape index (κ3) is 4.80. The molecule has 3 aromatic rings. The first kappa shape index (κ1) is 23.8. The lowest BCUT2D eigenvalue weighted by Crippen LogP contribution is -2.40. The van der Waals surface area contributed by atoms with Gasteiger partial charge in [0.15, 0.2) is 0 Å². The molecule has 8 nitrogen and oxygen atoms in total. The standard InChI is InChI=1S/C19H18ClF3N4O4S/c1-10(2)9-31-18-15(20)7-13(8-24-18)27-16-5-4-12(6-14(16)11(3)25-27)17(28)26-32(29,30)19(21,22)23/h4-8,10H,9H2,1-3H3,(H,26,28). The number of nitrogens with zero attached hydrogens (tertiary/aromatic N) is 3. The van der Waals surface area contributed by atoms with E-state index in [4.69, 9.17) is 16.3 Å². The summed E-state index contributed by atoms with van der Waals surface area (Å²) in [6, 6.07) is 5.47. The number of pyridine rings is 1. The lowest BCUT2D eigenvalue weighted by atomic mass is 10.1. The monoisotopic (exact) mass is 490 g/mol. The summed E-state index contributed by atoms with van der Waals surface area (Å²) < 4.78 is 68.0. The number of nitrogens with one attached hydrogen (secondary N) is 1. The zero-order valence-electron chi connectivity index (χ0n) is 17.1. The van der Waals surface area contributed by atoms with Gasteiger partial charge < -0.3 is 4.74 Å². The van der Waals surface area contributed by atoms with Crippen molar-refractivity contribution < 1.29 is 31.1 Å². The number of fused-ring (bicyclic) bond motifs is 1. The SMILES string of the molecule is Cc1nn(-c2cnc(OCC(C)C)c(Cl)c2)c2ccc(C(=O)NS(=O)(=O)C(F)(F)F)cc12. The van der Waals surface area contributed by atoms with Crippen LogP contribution >= 0.6 is 11.6 Å². The Balaban J connectivity index is 1.94. The van der Waals surface area contributed by atoms with Gasteiger partial charge in [-0.3, -0.25) is 4.79 Å². The van der Waals surface area contributed by atoms with Gasteiger partial charge in [-0.05, 0) is 37.1 Å². The Hall–Kier alpha value is -2.86. The fourth-order valence-electron chi connectivity index (χ4n) is 2.73. The van der Waals surface area contributed by atoms with E-state index in [-0.39, 0.29) is 22.4 Å². The van der Waals surface area contributed by atoms with Crippen LogP contribution in [0, 0.1) is 12.8 Å². The number of rotatable bonds is 6. The van der Waals surface area contributed by atoms with E-state index in [1.165, 1.54) is 29.1 Å². The number of carbonyl (C=O) groups excluding carboxylic acids is 1. The second-order valence-electron chi connectivity index (χ2n) is 7.29. The van der Waals surface area contributed by atoms with Crippen molar-refractivity contribution in [2.75, 3.05) is 6.61 Å². The molecule has 13 heteroatoms. The number of ether oxygens (including phenoxy) is 1. The molecule has 1 aromatic carbocycles. The minimum Gasteiger partial charge on any atom is -0.476 e. The Morgan fingerprint density at radius 2 is 1.97 bits per heavy atom. The molecule has 0 radical (unpaired) electrons. The van der Waals surface area contributed by atoms with Crippen LogP contribution in [0.2, 0.25) is 5.02 Å². The average Bonchev–Trinajstić information content (AvgIpc) is 3.01. The van der Waals surface area contributed by atoms with Crippen molar-refractivity contribution in [1.82, 2.24) is 19.5 Å². The summed E-state index contributed by atoms with van der Waals surface area (Å²) in [4.78, 5) is 16.3. The highest BCUT2D eigenvalue weighted by molar-refractivity contribution is 7.90. The molecular formula is C19H18ClF3N4O4S. The van der Waals surface area contributed by atoms with E-state index in [1.54, 1.807) is 13.0 Å². The van der Waals surface area contributed by atoms with Gasteiger partial charge in [0.2, 0.25) is 5.88 Å². The van der Waals surface area contributed by atoms with Gasteiger partial charge in [-0.2, -0.15) is 26.7 Å². The van der Waals surface area contributed by atoms with E-state index in [0.717, 1.165) is 4.72 Å². The number of hydrogen-bond donors (Lipinski definition) is 1. The van der Waals surface area contributed by atoms with Gasteiger partial charge in [0.25, 0.3) is 5.91 Å². The van der Waals surface area contributed by atoms with Gasteiger partial charge in [0.05, 0.1) is 29.7 Å². The minimum absolute atomic E-state index is 0.262. The summed E-state index contributed by atoms with van der Waals surface area (Å²) in [7, 11) is -5.82. The van der Waals surface area contributed by atoms with Crippen LogP contribution in [0.5, 0.6) is 5.88 Å². The number of carbonyl (C=O) groups is 1. The Bertz CT molecular complexity index is 1290. The molecule has 1 amide bonds. The van der Waals surface area contributed by atoms with Crippen molar-refractivity contribution >= 4 is 38.4 Å². The Kier molecular flexibility index (Phi) is 6.38. The van der Waals surface area contributed by atoms with Crippen LogP contribution in [-0.4, -0.2) is 41.2 Å². The van der Waals surface area contributed by atoms with Crippen LogP contribution in [0.1, 0.15) is 29.9 Å². The summed E-state index contributed by atoms with van der Waals surface area (Å²) in [5.41, 5.74) is -4.44. The normalized spacial score (nSPS) is 12.4. The number of aromatic nitrogens is 3. The summed E-state index contributed by atoms with van der Waals surface area (Å²) >= 11 is 6.26. The first-order chi connectivity index (χ1) is 14.8. The van der Waals surface area contributed by atoms with E-state index in [1.807, 2.05) is 13.8 Å². The highest BCUT2D eigenvalue weighted by Gasteiger charge is 2.47. The zero-order chi connectivity index (χ0) is 23.8. The van der Waals surface area contributed by atoms with Crippen molar-refractivity contribution in [1.29, 1.82) is 0 Å². The molecule has 32 heavy (non-hydrogen) atoms. The molecule has 0 unspecified atom stereocenters. The molecule has 0 spiro atoms. The molecule has 0 bridgehead atoms. The second kappa shape index (κ2) is 8.58. The maximum atomic E-state index is 12.5. The van der Waals surface area contributed by atoms with E-state index >= 15 is 0 Å². The predicted octanol–water partition coefficient (Wildman–Crippen LogP) is 4.00. The molecule has 0 aliphatic carbocycles. The van der Waals surface area contributed by atoms with Crippen LogP contribution in [0.3, 0.4) is 0 Å². The van der Waals surface area contributed by atoms with E-state index in [9.17, 15) is 26.4 Å². The number of sulfonamides is 1. The van der Waals surface area contributed by atoms with Gasteiger partial charge in [-0.1, -0.05) is 25.4 Å². The number of amides is 1. The van der Waals surface area contributed by atoms with Crippen molar-refractivity contribution in [3.05, 3.63) is 46.7 Å². The molecule has 0 saturated heterocycles. The Labute approximate surface area is 186 Å². The molecule has 2 heterocycles. The molecule has 0 aliphatic heterocycles. The lowest BCUT2D eigenvalue weighted by molar-refractivity contribution is -0.0446. The maximum absolute atomic E-state index is 12.5. The average molecular weight is 491 g/mol. The quantitative estimate of drug-likeness (QED) is 0.560. The summed E-state index contributed by atoms with van der Waals surface area (Å²) in [5, 5.41) is 5.06. The lowest BCUT2D eigenvalue weighted by Gasteiger charge is -2.11. The Morgan fingerprint density at radius 3 is 2.56 bits per heavy atom. The number of halogens is 4. The molecule has 0 atom stereocenters. The number of benzene rings is 1. The maximum Gasteiger partial charge on any atom is 0.516 e. The summed E-state index contributed by atoms with van der Waals surface area (Å²) in [5.74, 6) is -0.863. The number of hydrogen-bond acceptors (Lipinski definition) is 6. The highest BCUT2D eigenvalue weighted by Crippen LogP contribution is 2.28. The smallest absolute Gasteiger partial charge is 0.476 e. The van der Waals surface area contributed by atoms with Gasteiger partial charge in [-0.15, -0.1) is 0 Å². The Morgan fingerprint density at radius 1 is 1.28 bits per heavy atom. The minimum atomic E-state index is -5.82. The molecule has 0 saturated carbocycles. The largest absolute Gasteiger partial charge is 0.516 e. The fourth-order valence-corrected chi connectivity index (χ4v) is 3.42. The first-order valence-corrected chi connectivity index (χ1v) is 11.1. The van der Waals surface area contributed by atoms with Crippen LogP contribution in [0.25, 0.3) is 16.6 Å². The third-order valence-corrected chi connectivity index (χ3v) is 5.58. The molecule has 0 aliphatic rings. The third-order valence-electron chi connectivity index (χ3n) is 4.25. The van der Waals surface area contributed by atoms with E-state index < -0.39 is 21.4 Å². The highest BCUT2D eigenvalue weighted by atomic mass is 35.5. The van der Waals surface area contributed by atoms with Gasteiger partial charge in [0, 0.05) is 10.9 Å². The van der Waals surface area contributed by atoms with E-state index in [2.05, 4.69) is 10.1 Å². The number of alkyl halides is 3. The molecule has 2 aromatic heterocycles. The van der Waals surface area contributed by atoms with Crippen molar-refractivity contribution in [2.45, 2.75) is 26.3 Å². The molecule has 1 N–H and O–H groups in total. The first-order valence-electron chi connectivity index (χ1n) is 9.21. The second-order valence-corrected chi connectivity index (χ2v) is 9.38. The van der Waals surface area contributed by atoms with Crippen LogP contribution in [0.15, 0.2) is 30.5 Å². The molecule has 3 rings (SSSR count). The van der Waals surface area contributed by atoms with Gasteiger partial charge in [-0.25, -0.2) is 14.4 Å². The van der Waals surface area contributed by atoms with Crippen molar-refractivity contribution in [3.8, 4) is 11.6 Å². The zero-order valence-corrected chi connectivity index (χ0v) is 18.6. The number of aryl methyl sites for hydroxylation is 1. The van der Waals surface area contributed by atoms with E-state index in [0.29, 0.717) is 28.9 Å². The molecular weight excluding hydrogens is 473 g/mol. The summed E-state index contributed by atoms with van der Waals surface area (Å²) in [6.07, 6.45) is 1.49. The topological polar surface area (TPSA) is 103 Å². The fraction of sp³-hybridized carbons (Fsp3) is 0.316. The summed E-state index contributed by atoms with van der Waals surface area (Å²) in [6.45, 7) is 6.02.